The lowest BCUT2D eigenvalue weighted by Gasteiger charge is -2.29. The number of benzene rings is 2. The Morgan fingerprint density at radius 2 is 1.94 bits per heavy atom. The largest absolute Gasteiger partial charge is 0.484 e. The fraction of sp³-hybridized carbons (Fsp3) is 0.273. The number of halogens is 3. The van der Waals surface area contributed by atoms with E-state index in [0.29, 0.717) is 42.8 Å². The SMILES string of the molecule is CC(=O)Nc1cccc(Nc2ncnc(N3CCc4cc(OCC(F)(F)F)ccc4C3)n2)c1. The van der Waals surface area contributed by atoms with Crippen molar-refractivity contribution in [2.45, 2.75) is 26.1 Å². The number of amides is 1. The van der Waals surface area contributed by atoms with Gasteiger partial charge in [0.2, 0.25) is 17.8 Å². The second-order valence-electron chi connectivity index (χ2n) is 7.50. The van der Waals surface area contributed by atoms with E-state index >= 15 is 0 Å². The van der Waals surface area contributed by atoms with Crippen LogP contribution in [0.3, 0.4) is 0 Å². The summed E-state index contributed by atoms with van der Waals surface area (Å²) in [7, 11) is 0. The standard InChI is InChI=1S/C22H21F3N6O2/c1-14(32)28-17-3-2-4-18(10-17)29-20-26-13-27-21(30-20)31-8-7-15-9-19(6-5-16(15)11-31)33-12-22(23,24)25/h2-6,9-10,13H,7-8,11-12H2,1H3,(H,28,32)(H,26,27,29,30). The molecule has 0 bridgehead atoms. The number of ether oxygens (including phenoxy) is 1. The van der Waals surface area contributed by atoms with Gasteiger partial charge in [-0.1, -0.05) is 12.1 Å². The van der Waals surface area contributed by atoms with E-state index in [4.69, 9.17) is 4.74 Å². The number of nitrogens with one attached hydrogen (secondary N) is 2. The van der Waals surface area contributed by atoms with E-state index in [9.17, 15) is 18.0 Å². The molecule has 0 radical (unpaired) electrons. The number of carbonyl (C=O) groups excluding carboxylic acids is 1. The molecule has 2 aromatic carbocycles. The van der Waals surface area contributed by atoms with Gasteiger partial charge >= 0.3 is 6.18 Å². The third-order valence-electron chi connectivity index (χ3n) is 4.87. The molecule has 33 heavy (non-hydrogen) atoms. The van der Waals surface area contributed by atoms with Crippen LogP contribution in [0.5, 0.6) is 5.75 Å². The van der Waals surface area contributed by atoms with Crippen LogP contribution in [0.15, 0.2) is 48.8 Å². The zero-order chi connectivity index (χ0) is 23.4. The molecule has 0 aliphatic carbocycles. The van der Waals surface area contributed by atoms with Crippen LogP contribution >= 0.6 is 0 Å². The summed E-state index contributed by atoms with van der Waals surface area (Å²) in [5, 5.41) is 5.82. The number of nitrogens with zero attached hydrogens (tertiary/aromatic N) is 4. The minimum absolute atomic E-state index is 0.168. The first-order valence-electron chi connectivity index (χ1n) is 10.2. The van der Waals surface area contributed by atoms with Gasteiger partial charge in [-0.15, -0.1) is 0 Å². The molecule has 3 aromatic rings. The highest BCUT2D eigenvalue weighted by Crippen LogP contribution is 2.27. The molecular formula is C22H21F3N6O2. The van der Waals surface area contributed by atoms with E-state index in [1.807, 2.05) is 11.0 Å². The van der Waals surface area contributed by atoms with Crippen LogP contribution in [-0.2, 0) is 17.8 Å². The first-order valence-corrected chi connectivity index (χ1v) is 10.2. The minimum atomic E-state index is -4.37. The maximum Gasteiger partial charge on any atom is 0.422 e. The number of alkyl halides is 3. The molecule has 1 aliphatic rings. The van der Waals surface area contributed by atoms with Crippen molar-refractivity contribution in [3.8, 4) is 5.75 Å². The topological polar surface area (TPSA) is 92.3 Å². The smallest absolute Gasteiger partial charge is 0.422 e. The Balaban J connectivity index is 1.44. The third kappa shape index (κ3) is 6.09. The van der Waals surface area contributed by atoms with Gasteiger partial charge in [-0.2, -0.15) is 18.2 Å². The second-order valence-corrected chi connectivity index (χ2v) is 7.50. The molecule has 0 unspecified atom stereocenters. The van der Waals surface area contributed by atoms with E-state index in [0.717, 1.165) is 11.1 Å². The fourth-order valence-corrected chi connectivity index (χ4v) is 3.46. The molecule has 1 amide bonds. The van der Waals surface area contributed by atoms with Gasteiger partial charge in [0.15, 0.2) is 6.61 Å². The van der Waals surface area contributed by atoms with Gasteiger partial charge in [-0.25, -0.2) is 9.97 Å². The number of anilines is 4. The molecule has 0 fully saturated rings. The third-order valence-corrected chi connectivity index (χ3v) is 4.87. The molecule has 1 aliphatic heterocycles. The zero-order valence-electron chi connectivity index (χ0n) is 17.7. The van der Waals surface area contributed by atoms with Crippen LogP contribution in [0, 0.1) is 0 Å². The summed E-state index contributed by atoms with van der Waals surface area (Å²) in [5.74, 6) is 0.863. The number of aromatic nitrogens is 3. The molecule has 11 heteroatoms. The molecule has 1 aromatic heterocycles. The van der Waals surface area contributed by atoms with E-state index < -0.39 is 12.8 Å². The summed E-state index contributed by atoms with van der Waals surface area (Å²) in [4.78, 5) is 26.1. The maximum atomic E-state index is 12.4. The van der Waals surface area contributed by atoms with Crippen LogP contribution in [0.25, 0.3) is 0 Å². The molecule has 8 nitrogen and oxygen atoms in total. The van der Waals surface area contributed by atoms with Gasteiger partial charge in [0.1, 0.15) is 12.1 Å². The van der Waals surface area contributed by atoms with Crippen molar-refractivity contribution in [3.05, 3.63) is 59.9 Å². The van der Waals surface area contributed by atoms with Crippen molar-refractivity contribution >= 4 is 29.2 Å². The summed E-state index contributed by atoms with van der Waals surface area (Å²) in [6.45, 7) is 1.23. The number of hydrogen-bond donors (Lipinski definition) is 2. The summed E-state index contributed by atoms with van der Waals surface area (Å²) < 4.78 is 42.0. The number of hydrogen-bond acceptors (Lipinski definition) is 7. The Morgan fingerprint density at radius 3 is 2.73 bits per heavy atom. The van der Waals surface area contributed by atoms with E-state index in [1.165, 1.54) is 19.3 Å². The van der Waals surface area contributed by atoms with Crippen LogP contribution in [0.4, 0.5) is 36.4 Å². The maximum absolute atomic E-state index is 12.4. The van der Waals surface area contributed by atoms with Crippen molar-refractivity contribution in [2.75, 3.05) is 28.7 Å². The van der Waals surface area contributed by atoms with Gasteiger partial charge in [0, 0.05) is 31.4 Å². The van der Waals surface area contributed by atoms with Crippen molar-refractivity contribution < 1.29 is 22.7 Å². The average Bonchev–Trinajstić information content (AvgIpc) is 2.77. The molecule has 4 rings (SSSR count). The lowest BCUT2D eigenvalue weighted by molar-refractivity contribution is -0.153. The van der Waals surface area contributed by atoms with Crippen molar-refractivity contribution in [2.24, 2.45) is 0 Å². The molecule has 0 saturated carbocycles. The lowest BCUT2D eigenvalue weighted by atomic mass is 10.00. The van der Waals surface area contributed by atoms with Crippen LogP contribution < -0.4 is 20.3 Å². The minimum Gasteiger partial charge on any atom is -0.484 e. The van der Waals surface area contributed by atoms with Gasteiger partial charge in [0.25, 0.3) is 0 Å². The Labute approximate surface area is 187 Å². The molecule has 2 heterocycles. The predicted octanol–water partition coefficient (Wildman–Crippen LogP) is 4.08. The van der Waals surface area contributed by atoms with E-state index in [-0.39, 0.29) is 11.7 Å². The Kier molecular flexibility index (Phi) is 6.29. The lowest BCUT2D eigenvalue weighted by Crippen LogP contribution is -2.32. The highest BCUT2D eigenvalue weighted by molar-refractivity contribution is 5.89. The first kappa shape index (κ1) is 22.3. The molecule has 0 atom stereocenters. The van der Waals surface area contributed by atoms with E-state index in [2.05, 4.69) is 25.6 Å². The average molecular weight is 458 g/mol. The van der Waals surface area contributed by atoms with Gasteiger partial charge in [-0.05, 0) is 47.9 Å². The Hall–Kier alpha value is -3.89. The predicted molar refractivity (Wildman–Crippen MR) is 117 cm³/mol. The van der Waals surface area contributed by atoms with Gasteiger partial charge in [0.05, 0.1) is 0 Å². The highest BCUT2D eigenvalue weighted by atomic mass is 19.4. The van der Waals surface area contributed by atoms with Crippen LogP contribution in [0.2, 0.25) is 0 Å². The highest BCUT2D eigenvalue weighted by Gasteiger charge is 2.28. The molecule has 0 spiro atoms. The number of carbonyl (C=O) groups is 1. The molecular weight excluding hydrogens is 437 g/mol. The summed E-state index contributed by atoms with van der Waals surface area (Å²) >= 11 is 0. The molecule has 0 saturated heterocycles. The molecule has 172 valence electrons. The van der Waals surface area contributed by atoms with Gasteiger partial charge in [-0.3, -0.25) is 4.79 Å². The Morgan fingerprint density at radius 1 is 1.12 bits per heavy atom. The van der Waals surface area contributed by atoms with Crippen molar-refractivity contribution in [1.82, 2.24) is 15.0 Å². The van der Waals surface area contributed by atoms with Crippen LogP contribution in [-0.4, -0.2) is 40.2 Å². The zero-order valence-corrected chi connectivity index (χ0v) is 17.7. The molecule has 2 N–H and O–H groups in total. The second kappa shape index (κ2) is 9.31. The quantitative estimate of drug-likeness (QED) is 0.575. The normalized spacial score (nSPS) is 13.3. The summed E-state index contributed by atoms with van der Waals surface area (Å²) in [6, 6.07) is 12.1. The monoisotopic (exact) mass is 458 g/mol. The van der Waals surface area contributed by atoms with Gasteiger partial charge < -0.3 is 20.3 Å². The fourth-order valence-electron chi connectivity index (χ4n) is 3.46. The Bertz CT molecular complexity index is 1150. The number of fused-ring (bicyclic) bond motifs is 1. The first-order chi connectivity index (χ1) is 15.7. The van der Waals surface area contributed by atoms with Crippen molar-refractivity contribution in [1.29, 1.82) is 0 Å². The van der Waals surface area contributed by atoms with Crippen LogP contribution in [0.1, 0.15) is 18.1 Å². The summed E-state index contributed by atoms with van der Waals surface area (Å²) in [6.07, 6.45) is -2.35. The van der Waals surface area contributed by atoms with E-state index in [1.54, 1.807) is 30.3 Å². The summed E-state index contributed by atoms with van der Waals surface area (Å²) in [5.41, 5.74) is 3.26. The number of rotatable bonds is 6. The van der Waals surface area contributed by atoms with Crippen molar-refractivity contribution in [3.63, 3.8) is 0 Å².